The molecule has 1 amide bonds. The normalized spacial score (nSPS) is 14.6. The summed E-state index contributed by atoms with van der Waals surface area (Å²) in [6, 6.07) is 27.6. The number of carbonyl (C=O) groups is 1. The molecule has 0 atom stereocenters. The number of fused-ring (bicyclic) bond motifs is 2. The van der Waals surface area contributed by atoms with Crippen molar-refractivity contribution in [3.05, 3.63) is 96.1 Å². The van der Waals surface area contributed by atoms with Gasteiger partial charge in [0.15, 0.2) is 0 Å². The molecule has 4 aromatic rings. The SMILES string of the molecule is Cc1ccc(N2CCN(C(=O)/C=C/c3c4ccccc4cc4ccccc34)CC2)cc1. The smallest absolute Gasteiger partial charge is 0.246 e. The van der Waals surface area contributed by atoms with Crippen LogP contribution in [0.5, 0.6) is 0 Å². The van der Waals surface area contributed by atoms with E-state index in [0.29, 0.717) is 0 Å². The third-order valence-corrected chi connectivity index (χ3v) is 6.20. The number of nitrogens with zero attached hydrogens (tertiary/aromatic N) is 2. The largest absolute Gasteiger partial charge is 0.368 e. The summed E-state index contributed by atoms with van der Waals surface area (Å²) >= 11 is 0. The van der Waals surface area contributed by atoms with Gasteiger partial charge in [0.25, 0.3) is 0 Å². The molecule has 1 aliphatic heterocycles. The van der Waals surface area contributed by atoms with Crippen molar-refractivity contribution in [3.8, 4) is 0 Å². The van der Waals surface area contributed by atoms with Gasteiger partial charge >= 0.3 is 0 Å². The van der Waals surface area contributed by atoms with E-state index in [2.05, 4.69) is 90.7 Å². The quantitative estimate of drug-likeness (QED) is 0.324. The molecule has 3 nitrogen and oxygen atoms in total. The third kappa shape index (κ3) is 3.91. The predicted molar refractivity (Wildman–Crippen MR) is 130 cm³/mol. The fourth-order valence-electron chi connectivity index (χ4n) is 4.43. The fourth-order valence-corrected chi connectivity index (χ4v) is 4.43. The minimum Gasteiger partial charge on any atom is -0.368 e. The van der Waals surface area contributed by atoms with Crippen LogP contribution in [0.1, 0.15) is 11.1 Å². The van der Waals surface area contributed by atoms with Gasteiger partial charge in [-0.2, -0.15) is 0 Å². The molecule has 0 bridgehead atoms. The lowest BCUT2D eigenvalue weighted by atomic mass is 9.96. The number of piperazine rings is 1. The van der Waals surface area contributed by atoms with Crippen molar-refractivity contribution < 1.29 is 4.79 Å². The number of hydrogen-bond acceptors (Lipinski definition) is 2. The van der Waals surface area contributed by atoms with Crippen molar-refractivity contribution in [3.63, 3.8) is 0 Å². The molecular weight excluding hydrogens is 380 g/mol. The molecule has 0 spiro atoms. The van der Waals surface area contributed by atoms with E-state index in [-0.39, 0.29) is 5.91 Å². The van der Waals surface area contributed by atoms with Crippen LogP contribution in [0.15, 0.2) is 84.9 Å². The van der Waals surface area contributed by atoms with Crippen molar-refractivity contribution >= 4 is 39.2 Å². The highest BCUT2D eigenvalue weighted by Crippen LogP contribution is 2.29. The molecule has 0 aromatic heterocycles. The second-order valence-corrected chi connectivity index (χ2v) is 8.21. The predicted octanol–water partition coefficient (Wildman–Crippen LogP) is 5.66. The zero-order chi connectivity index (χ0) is 21.2. The Labute approximate surface area is 183 Å². The minimum atomic E-state index is 0.0839. The highest BCUT2D eigenvalue weighted by atomic mass is 16.2. The first-order valence-corrected chi connectivity index (χ1v) is 10.9. The molecule has 0 radical (unpaired) electrons. The fraction of sp³-hybridized carbons (Fsp3) is 0.179. The highest BCUT2D eigenvalue weighted by molar-refractivity contribution is 6.08. The Balaban J connectivity index is 1.36. The Morgan fingerprint density at radius 2 is 1.35 bits per heavy atom. The molecule has 1 aliphatic rings. The molecule has 0 N–H and O–H groups in total. The second kappa shape index (κ2) is 8.27. The van der Waals surface area contributed by atoms with E-state index in [4.69, 9.17) is 0 Å². The van der Waals surface area contributed by atoms with Crippen LogP contribution in [-0.4, -0.2) is 37.0 Å². The number of anilines is 1. The standard InChI is InChI=1S/C28H26N2O/c1-21-10-12-24(13-11-21)29-16-18-30(19-17-29)28(31)15-14-27-25-8-4-2-6-22(25)20-23-7-3-5-9-26(23)27/h2-15,20H,16-19H2,1H3/b15-14+. The van der Waals surface area contributed by atoms with E-state index in [9.17, 15) is 4.79 Å². The second-order valence-electron chi connectivity index (χ2n) is 8.21. The van der Waals surface area contributed by atoms with E-state index >= 15 is 0 Å². The van der Waals surface area contributed by atoms with Gasteiger partial charge in [0, 0.05) is 37.9 Å². The molecule has 1 fully saturated rings. The van der Waals surface area contributed by atoms with Crippen molar-refractivity contribution in [1.82, 2.24) is 4.90 Å². The summed E-state index contributed by atoms with van der Waals surface area (Å²) in [5, 5.41) is 4.74. The number of aryl methyl sites for hydroxylation is 1. The van der Waals surface area contributed by atoms with E-state index in [1.54, 1.807) is 6.08 Å². The van der Waals surface area contributed by atoms with Crippen LogP contribution >= 0.6 is 0 Å². The lowest BCUT2D eigenvalue weighted by Crippen LogP contribution is -2.48. The third-order valence-electron chi connectivity index (χ3n) is 6.20. The number of rotatable bonds is 3. The van der Waals surface area contributed by atoms with Gasteiger partial charge in [-0.15, -0.1) is 0 Å². The molecule has 0 aliphatic carbocycles. The Morgan fingerprint density at radius 3 is 1.97 bits per heavy atom. The van der Waals surface area contributed by atoms with Gasteiger partial charge in [-0.1, -0.05) is 66.2 Å². The van der Waals surface area contributed by atoms with Crippen LogP contribution in [0.2, 0.25) is 0 Å². The van der Waals surface area contributed by atoms with Crippen LogP contribution in [-0.2, 0) is 4.79 Å². The zero-order valence-corrected chi connectivity index (χ0v) is 17.8. The van der Waals surface area contributed by atoms with Crippen LogP contribution in [0.4, 0.5) is 5.69 Å². The molecule has 31 heavy (non-hydrogen) atoms. The molecular formula is C28H26N2O. The van der Waals surface area contributed by atoms with E-state index < -0.39 is 0 Å². The summed E-state index contributed by atoms with van der Waals surface area (Å²) in [4.78, 5) is 17.3. The number of amides is 1. The van der Waals surface area contributed by atoms with E-state index in [1.807, 2.05) is 11.0 Å². The van der Waals surface area contributed by atoms with Crippen LogP contribution in [0.25, 0.3) is 27.6 Å². The molecule has 3 heteroatoms. The maximum Gasteiger partial charge on any atom is 0.246 e. The molecule has 1 saturated heterocycles. The number of carbonyl (C=O) groups excluding carboxylic acids is 1. The van der Waals surface area contributed by atoms with Gasteiger partial charge in [0.05, 0.1) is 0 Å². The molecule has 5 rings (SSSR count). The van der Waals surface area contributed by atoms with E-state index in [0.717, 1.165) is 31.7 Å². The summed E-state index contributed by atoms with van der Waals surface area (Å²) in [5.74, 6) is 0.0839. The Kier molecular flexibility index (Phi) is 5.17. The Bertz CT molecular complexity index is 1210. The first kappa shape index (κ1) is 19.4. The molecule has 1 heterocycles. The lowest BCUT2D eigenvalue weighted by molar-refractivity contribution is -0.126. The van der Waals surface area contributed by atoms with Gasteiger partial charge in [-0.25, -0.2) is 0 Å². The maximum atomic E-state index is 13.0. The summed E-state index contributed by atoms with van der Waals surface area (Å²) in [6.07, 6.45) is 3.75. The first-order valence-electron chi connectivity index (χ1n) is 10.9. The van der Waals surface area contributed by atoms with E-state index in [1.165, 1.54) is 32.8 Å². The minimum absolute atomic E-state index is 0.0839. The number of hydrogen-bond donors (Lipinski definition) is 0. The highest BCUT2D eigenvalue weighted by Gasteiger charge is 2.20. The average molecular weight is 407 g/mol. The summed E-state index contributed by atoms with van der Waals surface area (Å²) in [6.45, 7) is 5.31. The van der Waals surface area contributed by atoms with Gasteiger partial charge in [-0.05, 0) is 58.3 Å². The molecule has 0 unspecified atom stereocenters. The van der Waals surface area contributed by atoms with Gasteiger partial charge < -0.3 is 9.80 Å². The zero-order valence-electron chi connectivity index (χ0n) is 17.8. The van der Waals surface area contributed by atoms with Gasteiger partial charge in [0.1, 0.15) is 0 Å². The van der Waals surface area contributed by atoms with Crippen LogP contribution in [0.3, 0.4) is 0 Å². The maximum absolute atomic E-state index is 13.0. The lowest BCUT2D eigenvalue weighted by Gasteiger charge is -2.35. The van der Waals surface area contributed by atoms with Crippen molar-refractivity contribution in [1.29, 1.82) is 0 Å². The summed E-state index contributed by atoms with van der Waals surface area (Å²) in [5.41, 5.74) is 3.61. The monoisotopic (exact) mass is 406 g/mol. The summed E-state index contributed by atoms with van der Waals surface area (Å²) in [7, 11) is 0. The molecule has 0 saturated carbocycles. The molecule has 4 aromatic carbocycles. The van der Waals surface area contributed by atoms with Crippen LogP contribution in [0, 0.1) is 6.92 Å². The summed E-state index contributed by atoms with van der Waals surface area (Å²) < 4.78 is 0. The number of benzene rings is 4. The van der Waals surface area contributed by atoms with Gasteiger partial charge in [-0.3, -0.25) is 4.79 Å². The first-order chi connectivity index (χ1) is 15.2. The topological polar surface area (TPSA) is 23.6 Å². The van der Waals surface area contributed by atoms with Crippen molar-refractivity contribution in [2.75, 3.05) is 31.1 Å². The molecule has 154 valence electrons. The van der Waals surface area contributed by atoms with Crippen molar-refractivity contribution in [2.45, 2.75) is 6.92 Å². The van der Waals surface area contributed by atoms with Crippen LogP contribution < -0.4 is 4.90 Å². The Hall–Kier alpha value is -3.59. The van der Waals surface area contributed by atoms with Crippen molar-refractivity contribution in [2.24, 2.45) is 0 Å². The Morgan fingerprint density at radius 1 is 0.774 bits per heavy atom. The average Bonchev–Trinajstić information content (AvgIpc) is 2.82. The van der Waals surface area contributed by atoms with Gasteiger partial charge in [0.2, 0.25) is 5.91 Å².